The summed E-state index contributed by atoms with van der Waals surface area (Å²) < 4.78 is 35.2. The van der Waals surface area contributed by atoms with Crippen LogP contribution in [0.1, 0.15) is 29.7 Å². The van der Waals surface area contributed by atoms with Crippen molar-refractivity contribution in [2.75, 3.05) is 6.61 Å². The van der Waals surface area contributed by atoms with E-state index in [1.165, 1.54) is 12.1 Å². The lowest BCUT2D eigenvalue weighted by Gasteiger charge is -2.19. The van der Waals surface area contributed by atoms with Crippen LogP contribution in [0.5, 0.6) is 5.75 Å². The van der Waals surface area contributed by atoms with Crippen LogP contribution in [0, 0.1) is 23.0 Å². The summed E-state index contributed by atoms with van der Waals surface area (Å²) in [6, 6.07) is 16.9. The number of hydrogen-bond donors (Lipinski definition) is 2. The average molecular weight is 422 g/mol. The molecule has 0 aliphatic heterocycles. The molecule has 0 aliphatic rings. The lowest BCUT2D eigenvalue weighted by molar-refractivity contribution is -0.133. The molecule has 3 aromatic rings. The third kappa shape index (κ3) is 5.05. The van der Waals surface area contributed by atoms with E-state index >= 15 is 0 Å². The zero-order chi connectivity index (χ0) is 22.4. The summed E-state index contributed by atoms with van der Waals surface area (Å²) in [6.07, 6.45) is -1.48. The summed E-state index contributed by atoms with van der Waals surface area (Å²) in [4.78, 5) is 12.7. The maximum Gasteiger partial charge on any atom is 0.254 e. The highest BCUT2D eigenvalue weighted by molar-refractivity contribution is 5.83. The SMILES string of the molecule is CCO[C@H](C(=O)NCc1ccc(C#N)cc1)c1c(F)cc(-c2ccccc2O)cc1F. The first-order valence-corrected chi connectivity index (χ1v) is 9.60. The zero-order valence-electron chi connectivity index (χ0n) is 16.7. The number of carbonyl (C=O) groups is 1. The molecule has 2 N–H and O–H groups in total. The molecule has 0 heterocycles. The van der Waals surface area contributed by atoms with Crippen LogP contribution >= 0.6 is 0 Å². The van der Waals surface area contributed by atoms with Crippen molar-refractivity contribution in [2.45, 2.75) is 19.6 Å². The predicted molar refractivity (Wildman–Crippen MR) is 111 cm³/mol. The Hall–Kier alpha value is -3.76. The number of rotatable bonds is 7. The Morgan fingerprint density at radius 3 is 2.35 bits per heavy atom. The Bertz CT molecular complexity index is 1100. The summed E-state index contributed by atoms with van der Waals surface area (Å²) >= 11 is 0. The summed E-state index contributed by atoms with van der Waals surface area (Å²) in [5, 5.41) is 21.4. The minimum absolute atomic E-state index is 0.0645. The number of carbonyl (C=O) groups excluding carboxylic acids is 1. The van der Waals surface area contributed by atoms with Gasteiger partial charge in [-0.15, -0.1) is 0 Å². The van der Waals surface area contributed by atoms with Crippen molar-refractivity contribution in [3.8, 4) is 22.9 Å². The van der Waals surface area contributed by atoms with E-state index in [9.17, 15) is 18.7 Å². The molecule has 3 aromatic carbocycles. The number of ether oxygens (including phenoxy) is 1. The van der Waals surface area contributed by atoms with Crippen LogP contribution in [-0.4, -0.2) is 17.6 Å². The maximum atomic E-state index is 14.9. The van der Waals surface area contributed by atoms with Gasteiger partial charge in [0.25, 0.3) is 5.91 Å². The van der Waals surface area contributed by atoms with Crippen LogP contribution in [0.2, 0.25) is 0 Å². The van der Waals surface area contributed by atoms with E-state index in [4.69, 9.17) is 10.00 Å². The van der Waals surface area contributed by atoms with Crippen molar-refractivity contribution in [1.82, 2.24) is 5.32 Å². The van der Waals surface area contributed by atoms with Gasteiger partial charge in [-0.2, -0.15) is 5.26 Å². The predicted octanol–water partition coefficient (Wildman–Crippen LogP) is 4.60. The largest absolute Gasteiger partial charge is 0.507 e. The van der Waals surface area contributed by atoms with E-state index in [0.717, 1.165) is 17.7 Å². The van der Waals surface area contributed by atoms with E-state index in [2.05, 4.69) is 5.32 Å². The van der Waals surface area contributed by atoms with Crippen molar-refractivity contribution < 1.29 is 23.4 Å². The second-order valence-electron chi connectivity index (χ2n) is 6.73. The fourth-order valence-corrected chi connectivity index (χ4v) is 3.14. The second-order valence-corrected chi connectivity index (χ2v) is 6.73. The number of halogens is 2. The van der Waals surface area contributed by atoms with Gasteiger partial charge in [-0.1, -0.05) is 30.3 Å². The third-order valence-corrected chi connectivity index (χ3v) is 4.68. The number of nitrogens with one attached hydrogen (secondary N) is 1. The zero-order valence-corrected chi connectivity index (χ0v) is 16.7. The van der Waals surface area contributed by atoms with Crippen LogP contribution in [0.15, 0.2) is 60.7 Å². The van der Waals surface area contributed by atoms with Gasteiger partial charge in [0, 0.05) is 18.7 Å². The Labute approximate surface area is 178 Å². The van der Waals surface area contributed by atoms with E-state index < -0.39 is 29.2 Å². The molecule has 1 atom stereocenters. The van der Waals surface area contributed by atoms with Gasteiger partial charge in [0.2, 0.25) is 0 Å². The number of phenolic OH excluding ortho intramolecular Hbond substituents is 1. The summed E-state index contributed by atoms with van der Waals surface area (Å²) in [5.41, 5.74) is 1.11. The minimum atomic E-state index is -1.48. The van der Waals surface area contributed by atoms with Gasteiger partial charge >= 0.3 is 0 Å². The Morgan fingerprint density at radius 2 is 1.77 bits per heavy atom. The van der Waals surface area contributed by atoms with E-state index in [1.807, 2.05) is 6.07 Å². The number of phenols is 1. The van der Waals surface area contributed by atoms with Gasteiger partial charge < -0.3 is 15.2 Å². The van der Waals surface area contributed by atoms with Crippen LogP contribution < -0.4 is 5.32 Å². The summed E-state index contributed by atoms with van der Waals surface area (Å²) in [7, 11) is 0. The van der Waals surface area contributed by atoms with Crippen LogP contribution in [0.3, 0.4) is 0 Å². The van der Waals surface area contributed by atoms with Gasteiger partial charge in [0.15, 0.2) is 6.10 Å². The number of aromatic hydroxyl groups is 1. The standard InChI is InChI=1S/C24H20F2N2O3/c1-2-31-23(24(30)28-14-16-9-7-15(13-27)8-10-16)22-19(25)11-17(12-20(22)26)18-5-3-4-6-21(18)29/h3-12,23,29H,2,14H2,1H3,(H,28,30)/t23-/m0/s1. The van der Waals surface area contributed by atoms with Gasteiger partial charge in [-0.25, -0.2) is 8.78 Å². The Morgan fingerprint density at radius 1 is 1.13 bits per heavy atom. The first-order chi connectivity index (χ1) is 14.9. The van der Waals surface area contributed by atoms with Gasteiger partial charge in [-0.3, -0.25) is 4.79 Å². The number of nitrogens with zero attached hydrogens (tertiary/aromatic N) is 1. The normalized spacial score (nSPS) is 11.5. The summed E-state index contributed by atoms with van der Waals surface area (Å²) in [6.45, 7) is 1.79. The number of nitriles is 1. The second kappa shape index (κ2) is 9.83. The molecule has 0 bridgehead atoms. The van der Waals surface area contributed by atoms with Crippen molar-refractivity contribution in [3.63, 3.8) is 0 Å². The van der Waals surface area contributed by atoms with Gasteiger partial charge in [-0.05, 0) is 48.4 Å². The number of para-hydroxylation sites is 1. The molecule has 0 fully saturated rings. The first-order valence-electron chi connectivity index (χ1n) is 9.60. The first kappa shape index (κ1) is 21.9. The quantitative estimate of drug-likeness (QED) is 0.583. The lowest BCUT2D eigenvalue weighted by Crippen LogP contribution is -2.31. The molecule has 0 unspecified atom stereocenters. The molecule has 0 spiro atoms. The molecule has 0 aliphatic carbocycles. The summed E-state index contributed by atoms with van der Waals surface area (Å²) in [5.74, 6) is -2.72. The minimum Gasteiger partial charge on any atom is -0.507 e. The number of hydrogen-bond acceptors (Lipinski definition) is 4. The number of amides is 1. The van der Waals surface area contributed by atoms with Crippen molar-refractivity contribution in [1.29, 1.82) is 5.26 Å². The van der Waals surface area contributed by atoms with Crippen LogP contribution in [0.25, 0.3) is 11.1 Å². The van der Waals surface area contributed by atoms with Gasteiger partial charge in [0.05, 0.1) is 17.2 Å². The lowest BCUT2D eigenvalue weighted by atomic mass is 9.99. The highest BCUT2D eigenvalue weighted by Crippen LogP contribution is 2.33. The van der Waals surface area contributed by atoms with Crippen molar-refractivity contribution in [3.05, 3.63) is 89.0 Å². The molecule has 3 rings (SSSR count). The van der Waals surface area contributed by atoms with E-state index in [0.29, 0.717) is 5.56 Å². The van der Waals surface area contributed by atoms with Crippen LogP contribution in [-0.2, 0) is 16.1 Å². The highest BCUT2D eigenvalue weighted by atomic mass is 19.1. The van der Waals surface area contributed by atoms with E-state index in [-0.39, 0.29) is 30.0 Å². The average Bonchev–Trinajstić information content (AvgIpc) is 2.77. The van der Waals surface area contributed by atoms with E-state index in [1.54, 1.807) is 43.3 Å². The molecule has 1 amide bonds. The fourth-order valence-electron chi connectivity index (χ4n) is 3.14. The van der Waals surface area contributed by atoms with Crippen molar-refractivity contribution >= 4 is 5.91 Å². The van der Waals surface area contributed by atoms with Crippen LogP contribution in [0.4, 0.5) is 8.78 Å². The fraction of sp³-hybridized carbons (Fsp3) is 0.167. The van der Waals surface area contributed by atoms with Crippen molar-refractivity contribution in [2.24, 2.45) is 0 Å². The molecule has 5 nitrogen and oxygen atoms in total. The molecule has 0 radical (unpaired) electrons. The third-order valence-electron chi connectivity index (χ3n) is 4.68. The molecular weight excluding hydrogens is 402 g/mol. The maximum absolute atomic E-state index is 14.9. The molecule has 158 valence electrons. The van der Waals surface area contributed by atoms with Gasteiger partial charge in [0.1, 0.15) is 17.4 Å². The molecular formula is C24H20F2N2O3. The highest BCUT2D eigenvalue weighted by Gasteiger charge is 2.28. The number of benzene rings is 3. The topological polar surface area (TPSA) is 82.3 Å². The molecule has 0 saturated heterocycles. The molecule has 0 aromatic heterocycles. The smallest absolute Gasteiger partial charge is 0.254 e. The Kier molecular flexibility index (Phi) is 6.96. The molecule has 7 heteroatoms. The molecule has 0 saturated carbocycles. The monoisotopic (exact) mass is 422 g/mol. The molecule has 31 heavy (non-hydrogen) atoms. The Balaban J connectivity index is 1.85.